The van der Waals surface area contributed by atoms with Crippen molar-refractivity contribution < 1.29 is 4.74 Å². The average molecular weight is 362 g/mol. The van der Waals surface area contributed by atoms with Crippen LogP contribution < -0.4 is 0 Å². The van der Waals surface area contributed by atoms with E-state index in [4.69, 9.17) is 4.74 Å². The summed E-state index contributed by atoms with van der Waals surface area (Å²) in [5.74, 6) is 0. The zero-order chi connectivity index (χ0) is 18.9. The van der Waals surface area contributed by atoms with Gasteiger partial charge in [0.2, 0.25) is 0 Å². The molecule has 0 bridgehead atoms. The molecular weight excluding hydrogens is 340 g/mol. The topological polar surface area (TPSA) is 9.23 Å². The highest BCUT2D eigenvalue weighted by atomic mass is 16.5. The molecule has 4 aromatic carbocycles. The molecule has 1 heteroatoms. The monoisotopic (exact) mass is 362 g/mol. The summed E-state index contributed by atoms with van der Waals surface area (Å²) < 4.78 is 5.88. The van der Waals surface area contributed by atoms with Gasteiger partial charge in [-0.2, -0.15) is 0 Å². The predicted octanol–water partition coefficient (Wildman–Crippen LogP) is 7.03. The van der Waals surface area contributed by atoms with E-state index in [0.717, 1.165) is 0 Å². The fraction of sp³-hybridized carbons (Fsp3) is 0.111. The number of fused-ring (bicyclic) bond motifs is 1. The molecule has 0 atom stereocenters. The zero-order valence-corrected chi connectivity index (χ0v) is 16.0. The van der Waals surface area contributed by atoms with Crippen molar-refractivity contribution in [3.8, 4) is 33.4 Å². The molecule has 0 aliphatic carbocycles. The third-order valence-electron chi connectivity index (χ3n) is 5.52. The molecule has 0 saturated carbocycles. The number of hydrogen-bond acceptors (Lipinski definition) is 1. The SMILES string of the molecule is Cc1ccc(-c2c3c(cc(-c4ccccc4)c2-c2ccccc2)COC3)cc1. The fourth-order valence-electron chi connectivity index (χ4n) is 4.13. The Balaban J connectivity index is 1.89. The lowest BCUT2D eigenvalue weighted by Gasteiger charge is -2.20. The average Bonchev–Trinajstić information content (AvgIpc) is 3.23. The van der Waals surface area contributed by atoms with E-state index in [-0.39, 0.29) is 0 Å². The minimum atomic E-state index is 0.674. The van der Waals surface area contributed by atoms with Crippen molar-refractivity contribution in [2.45, 2.75) is 20.1 Å². The first-order valence-corrected chi connectivity index (χ1v) is 9.75. The van der Waals surface area contributed by atoms with Crippen molar-refractivity contribution in [1.29, 1.82) is 0 Å². The van der Waals surface area contributed by atoms with Crippen LogP contribution in [0.1, 0.15) is 16.7 Å². The molecule has 4 aromatic rings. The van der Waals surface area contributed by atoms with E-state index in [2.05, 4.69) is 97.9 Å². The van der Waals surface area contributed by atoms with Crippen LogP contribution in [-0.2, 0) is 18.0 Å². The first-order chi connectivity index (χ1) is 13.8. The number of ether oxygens (including phenoxy) is 1. The summed E-state index contributed by atoms with van der Waals surface area (Å²) in [5, 5.41) is 0. The smallest absolute Gasteiger partial charge is 0.0731 e. The molecule has 0 fully saturated rings. The normalized spacial score (nSPS) is 12.8. The second-order valence-corrected chi connectivity index (χ2v) is 7.40. The van der Waals surface area contributed by atoms with Crippen LogP contribution in [0.5, 0.6) is 0 Å². The van der Waals surface area contributed by atoms with Crippen molar-refractivity contribution in [3.05, 3.63) is 108 Å². The fourth-order valence-corrected chi connectivity index (χ4v) is 4.13. The van der Waals surface area contributed by atoms with Crippen molar-refractivity contribution in [3.63, 3.8) is 0 Å². The molecule has 1 aliphatic heterocycles. The molecule has 1 heterocycles. The van der Waals surface area contributed by atoms with E-state index in [9.17, 15) is 0 Å². The highest BCUT2D eigenvalue weighted by Gasteiger charge is 2.24. The van der Waals surface area contributed by atoms with Crippen LogP contribution in [0.3, 0.4) is 0 Å². The molecule has 1 aliphatic rings. The van der Waals surface area contributed by atoms with Gasteiger partial charge in [-0.3, -0.25) is 0 Å². The van der Waals surface area contributed by atoms with Crippen molar-refractivity contribution in [2.24, 2.45) is 0 Å². The molecule has 0 saturated heterocycles. The van der Waals surface area contributed by atoms with Gasteiger partial charge in [-0.25, -0.2) is 0 Å². The van der Waals surface area contributed by atoms with Crippen LogP contribution in [0.2, 0.25) is 0 Å². The van der Waals surface area contributed by atoms with E-state index in [0.29, 0.717) is 13.2 Å². The highest BCUT2D eigenvalue weighted by Crippen LogP contribution is 2.45. The maximum Gasteiger partial charge on any atom is 0.0731 e. The third-order valence-corrected chi connectivity index (χ3v) is 5.52. The van der Waals surface area contributed by atoms with E-state index >= 15 is 0 Å². The number of benzene rings is 4. The van der Waals surface area contributed by atoms with Gasteiger partial charge < -0.3 is 4.74 Å². The lowest BCUT2D eigenvalue weighted by molar-refractivity contribution is 0.134. The van der Waals surface area contributed by atoms with Crippen LogP contribution >= 0.6 is 0 Å². The molecule has 0 unspecified atom stereocenters. The van der Waals surface area contributed by atoms with Gasteiger partial charge in [0.25, 0.3) is 0 Å². The van der Waals surface area contributed by atoms with Crippen LogP contribution in [-0.4, -0.2) is 0 Å². The minimum absolute atomic E-state index is 0.674. The Morgan fingerprint density at radius 1 is 0.607 bits per heavy atom. The molecule has 28 heavy (non-hydrogen) atoms. The lowest BCUT2D eigenvalue weighted by Crippen LogP contribution is -1.97. The Morgan fingerprint density at radius 3 is 1.89 bits per heavy atom. The summed E-state index contributed by atoms with van der Waals surface area (Å²) in [6, 6.07) is 32.6. The Morgan fingerprint density at radius 2 is 1.21 bits per heavy atom. The molecule has 0 amide bonds. The molecule has 0 spiro atoms. The first kappa shape index (κ1) is 17.0. The zero-order valence-electron chi connectivity index (χ0n) is 16.0. The summed E-state index contributed by atoms with van der Waals surface area (Å²) in [4.78, 5) is 0. The van der Waals surface area contributed by atoms with Crippen molar-refractivity contribution >= 4 is 0 Å². The molecule has 136 valence electrons. The summed E-state index contributed by atoms with van der Waals surface area (Å²) in [5.41, 5.74) is 11.5. The van der Waals surface area contributed by atoms with Crippen LogP contribution in [0.25, 0.3) is 33.4 Å². The Hall–Kier alpha value is -3.16. The van der Waals surface area contributed by atoms with Crippen molar-refractivity contribution in [1.82, 2.24) is 0 Å². The van der Waals surface area contributed by atoms with Gasteiger partial charge in [-0.15, -0.1) is 0 Å². The predicted molar refractivity (Wildman–Crippen MR) is 116 cm³/mol. The molecular formula is C27H22O. The summed E-state index contributed by atoms with van der Waals surface area (Å²) in [6.45, 7) is 3.49. The second-order valence-electron chi connectivity index (χ2n) is 7.40. The number of hydrogen-bond donors (Lipinski definition) is 0. The van der Waals surface area contributed by atoms with Gasteiger partial charge in [0.1, 0.15) is 0 Å². The van der Waals surface area contributed by atoms with Gasteiger partial charge in [0.05, 0.1) is 13.2 Å². The van der Waals surface area contributed by atoms with E-state index in [1.54, 1.807) is 0 Å². The first-order valence-electron chi connectivity index (χ1n) is 9.75. The lowest BCUT2D eigenvalue weighted by atomic mass is 9.83. The Labute approximate surface area is 166 Å². The Bertz CT molecular complexity index is 1110. The quantitative estimate of drug-likeness (QED) is 0.380. The molecule has 0 radical (unpaired) electrons. The van der Waals surface area contributed by atoms with Crippen LogP contribution in [0.15, 0.2) is 91.0 Å². The Kier molecular flexibility index (Phi) is 4.31. The summed E-state index contributed by atoms with van der Waals surface area (Å²) in [6.07, 6.45) is 0. The minimum Gasteiger partial charge on any atom is -0.372 e. The largest absolute Gasteiger partial charge is 0.372 e. The van der Waals surface area contributed by atoms with Gasteiger partial charge in [-0.1, -0.05) is 90.5 Å². The maximum absolute atomic E-state index is 5.88. The third kappa shape index (κ3) is 2.94. The van der Waals surface area contributed by atoms with Crippen LogP contribution in [0, 0.1) is 6.92 Å². The standard InChI is InChI=1S/C27H22O/c1-19-12-14-22(15-13-19)27-25-18-28-17-23(25)16-24(20-8-4-2-5-9-20)26(27)21-10-6-3-7-11-21/h2-16H,17-18H2,1H3. The number of rotatable bonds is 3. The van der Waals surface area contributed by atoms with E-state index in [1.807, 2.05) is 0 Å². The van der Waals surface area contributed by atoms with E-state index < -0.39 is 0 Å². The van der Waals surface area contributed by atoms with E-state index in [1.165, 1.54) is 50.1 Å². The molecule has 0 aromatic heterocycles. The highest BCUT2D eigenvalue weighted by molar-refractivity contribution is 5.97. The number of aryl methyl sites for hydroxylation is 1. The maximum atomic E-state index is 5.88. The van der Waals surface area contributed by atoms with Gasteiger partial charge >= 0.3 is 0 Å². The summed E-state index contributed by atoms with van der Waals surface area (Å²) in [7, 11) is 0. The molecule has 1 nitrogen and oxygen atoms in total. The van der Waals surface area contributed by atoms with Gasteiger partial charge in [0, 0.05) is 0 Å². The molecule has 5 rings (SSSR count). The van der Waals surface area contributed by atoms with Gasteiger partial charge in [0.15, 0.2) is 0 Å². The van der Waals surface area contributed by atoms with Crippen LogP contribution in [0.4, 0.5) is 0 Å². The molecule has 0 N–H and O–H groups in total. The summed E-state index contributed by atoms with van der Waals surface area (Å²) >= 11 is 0. The van der Waals surface area contributed by atoms with Crippen molar-refractivity contribution in [2.75, 3.05) is 0 Å². The second kappa shape index (κ2) is 7.10. The van der Waals surface area contributed by atoms with Gasteiger partial charge in [-0.05, 0) is 57.5 Å².